The van der Waals surface area contributed by atoms with Crippen LogP contribution in [0.5, 0.6) is 0 Å². The van der Waals surface area contributed by atoms with Crippen molar-refractivity contribution in [1.29, 1.82) is 0 Å². The van der Waals surface area contributed by atoms with E-state index in [-0.39, 0.29) is 5.91 Å². The molecule has 0 atom stereocenters. The van der Waals surface area contributed by atoms with Crippen molar-refractivity contribution in [3.8, 4) is 11.1 Å². The molecule has 25 heavy (non-hydrogen) atoms. The number of amides is 1. The van der Waals surface area contributed by atoms with Gasteiger partial charge in [-0.3, -0.25) is 4.79 Å². The standard InChI is InChI=1S/C20H17NO3S/c1-24-20(23)15-8-6-14(7-9-15)19(22)21-12-16-4-2-3-5-18(16)17-10-11-25-13-17/h2-11,13H,12H2,1H3,(H,21,22). The Bertz CT molecular complexity index is 870. The summed E-state index contributed by atoms with van der Waals surface area (Å²) in [5, 5.41) is 7.05. The topological polar surface area (TPSA) is 55.4 Å². The van der Waals surface area contributed by atoms with E-state index >= 15 is 0 Å². The molecule has 3 rings (SSSR count). The van der Waals surface area contributed by atoms with Crippen molar-refractivity contribution < 1.29 is 14.3 Å². The molecule has 0 aliphatic carbocycles. The van der Waals surface area contributed by atoms with E-state index in [1.807, 2.05) is 23.6 Å². The van der Waals surface area contributed by atoms with Crippen LogP contribution in [0.2, 0.25) is 0 Å². The number of esters is 1. The van der Waals surface area contributed by atoms with Crippen LogP contribution in [-0.2, 0) is 11.3 Å². The molecule has 0 fully saturated rings. The molecular weight excluding hydrogens is 334 g/mol. The Morgan fingerprint density at radius 1 is 1.00 bits per heavy atom. The lowest BCUT2D eigenvalue weighted by molar-refractivity contribution is 0.0600. The fourth-order valence-electron chi connectivity index (χ4n) is 2.53. The zero-order valence-corrected chi connectivity index (χ0v) is 14.5. The Balaban J connectivity index is 1.70. The quantitative estimate of drug-likeness (QED) is 0.703. The van der Waals surface area contributed by atoms with Crippen molar-refractivity contribution >= 4 is 23.2 Å². The fraction of sp³-hybridized carbons (Fsp3) is 0.100. The number of carbonyl (C=O) groups is 2. The van der Waals surface area contributed by atoms with E-state index in [1.165, 1.54) is 7.11 Å². The molecule has 0 spiro atoms. The van der Waals surface area contributed by atoms with E-state index in [0.29, 0.717) is 17.7 Å². The Kier molecular flexibility index (Phi) is 5.26. The highest BCUT2D eigenvalue weighted by Gasteiger charge is 2.10. The second kappa shape index (κ2) is 7.77. The van der Waals surface area contributed by atoms with Crippen LogP contribution in [0.1, 0.15) is 26.3 Å². The summed E-state index contributed by atoms with van der Waals surface area (Å²) in [7, 11) is 1.33. The summed E-state index contributed by atoms with van der Waals surface area (Å²) in [5.74, 6) is -0.604. The number of methoxy groups -OCH3 is 1. The van der Waals surface area contributed by atoms with Gasteiger partial charge in [0.25, 0.3) is 5.91 Å². The first kappa shape index (κ1) is 16.9. The van der Waals surface area contributed by atoms with Gasteiger partial charge in [-0.25, -0.2) is 4.79 Å². The van der Waals surface area contributed by atoms with Crippen LogP contribution < -0.4 is 5.32 Å². The van der Waals surface area contributed by atoms with Crippen LogP contribution in [0.15, 0.2) is 65.4 Å². The minimum atomic E-state index is -0.420. The van der Waals surface area contributed by atoms with Gasteiger partial charge in [0.15, 0.2) is 0 Å². The average Bonchev–Trinajstić information content (AvgIpc) is 3.20. The molecule has 1 aromatic heterocycles. The van der Waals surface area contributed by atoms with E-state index in [1.54, 1.807) is 35.6 Å². The molecule has 0 unspecified atom stereocenters. The van der Waals surface area contributed by atoms with E-state index in [0.717, 1.165) is 16.7 Å². The maximum Gasteiger partial charge on any atom is 0.337 e. The zero-order chi connectivity index (χ0) is 17.6. The normalized spacial score (nSPS) is 10.3. The van der Waals surface area contributed by atoms with Crippen molar-refractivity contribution in [3.05, 3.63) is 82.0 Å². The lowest BCUT2D eigenvalue weighted by atomic mass is 10.0. The van der Waals surface area contributed by atoms with Gasteiger partial charge in [0.1, 0.15) is 0 Å². The highest BCUT2D eigenvalue weighted by atomic mass is 32.1. The summed E-state index contributed by atoms with van der Waals surface area (Å²) in [6.07, 6.45) is 0. The maximum absolute atomic E-state index is 12.3. The molecule has 3 aromatic rings. The van der Waals surface area contributed by atoms with E-state index in [2.05, 4.69) is 27.6 Å². The van der Waals surface area contributed by atoms with Gasteiger partial charge in [0, 0.05) is 12.1 Å². The van der Waals surface area contributed by atoms with Gasteiger partial charge in [-0.15, -0.1) is 0 Å². The molecular formula is C20H17NO3S. The van der Waals surface area contributed by atoms with Crippen molar-refractivity contribution in [2.75, 3.05) is 7.11 Å². The fourth-order valence-corrected chi connectivity index (χ4v) is 3.18. The lowest BCUT2D eigenvalue weighted by Crippen LogP contribution is -2.23. The number of hydrogen-bond acceptors (Lipinski definition) is 4. The third-order valence-electron chi connectivity index (χ3n) is 3.86. The number of benzene rings is 2. The van der Waals surface area contributed by atoms with Crippen LogP contribution in [0.4, 0.5) is 0 Å². The Morgan fingerprint density at radius 2 is 1.72 bits per heavy atom. The average molecular weight is 351 g/mol. The Morgan fingerprint density at radius 3 is 2.40 bits per heavy atom. The molecule has 0 radical (unpaired) electrons. The van der Waals surface area contributed by atoms with Crippen molar-refractivity contribution in [2.24, 2.45) is 0 Å². The number of hydrogen-bond donors (Lipinski definition) is 1. The summed E-state index contributed by atoms with van der Waals surface area (Å²) < 4.78 is 4.65. The van der Waals surface area contributed by atoms with Gasteiger partial charge in [-0.05, 0) is 57.8 Å². The monoisotopic (exact) mass is 351 g/mol. The minimum absolute atomic E-state index is 0.184. The van der Waals surface area contributed by atoms with Gasteiger partial charge >= 0.3 is 5.97 Å². The first-order chi connectivity index (χ1) is 12.2. The number of carbonyl (C=O) groups excluding carboxylic acids is 2. The van der Waals surface area contributed by atoms with Crippen molar-refractivity contribution in [2.45, 2.75) is 6.54 Å². The van der Waals surface area contributed by atoms with Gasteiger partial charge in [-0.1, -0.05) is 24.3 Å². The van der Waals surface area contributed by atoms with Crippen LogP contribution >= 0.6 is 11.3 Å². The second-order valence-electron chi connectivity index (χ2n) is 5.42. The van der Waals surface area contributed by atoms with Gasteiger partial charge in [0.05, 0.1) is 12.7 Å². The minimum Gasteiger partial charge on any atom is -0.465 e. The lowest BCUT2D eigenvalue weighted by Gasteiger charge is -2.10. The van der Waals surface area contributed by atoms with Gasteiger partial charge in [-0.2, -0.15) is 11.3 Å². The first-order valence-corrected chi connectivity index (χ1v) is 8.70. The summed E-state index contributed by atoms with van der Waals surface area (Å²) in [5.41, 5.74) is 4.24. The maximum atomic E-state index is 12.3. The van der Waals surface area contributed by atoms with Crippen LogP contribution in [0.25, 0.3) is 11.1 Å². The molecule has 0 aliphatic heterocycles. The van der Waals surface area contributed by atoms with Crippen molar-refractivity contribution in [1.82, 2.24) is 5.32 Å². The highest BCUT2D eigenvalue weighted by molar-refractivity contribution is 7.08. The molecule has 1 heterocycles. The summed E-state index contributed by atoms with van der Waals surface area (Å²) >= 11 is 1.64. The Labute approximate surface area is 150 Å². The van der Waals surface area contributed by atoms with Gasteiger partial charge in [0.2, 0.25) is 0 Å². The summed E-state index contributed by atoms with van der Waals surface area (Å²) in [6.45, 7) is 0.434. The molecule has 0 aliphatic rings. The van der Waals surface area contributed by atoms with Crippen LogP contribution in [-0.4, -0.2) is 19.0 Å². The van der Waals surface area contributed by atoms with E-state index < -0.39 is 5.97 Å². The molecule has 5 heteroatoms. The number of thiophene rings is 1. The number of rotatable bonds is 5. The molecule has 0 saturated heterocycles. The number of ether oxygens (including phenoxy) is 1. The largest absolute Gasteiger partial charge is 0.465 e. The third-order valence-corrected chi connectivity index (χ3v) is 4.54. The molecule has 2 aromatic carbocycles. The Hall–Kier alpha value is -2.92. The first-order valence-electron chi connectivity index (χ1n) is 7.76. The predicted molar refractivity (Wildman–Crippen MR) is 98.7 cm³/mol. The number of nitrogens with one attached hydrogen (secondary N) is 1. The zero-order valence-electron chi connectivity index (χ0n) is 13.7. The molecule has 1 N–H and O–H groups in total. The van der Waals surface area contributed by atoms with Crippen LogP contribution in [0, 0.1) is 0 Å². The summed E-state index contributed by atoms with van der Waals surface area (Å²) in [6, 6.07) is 16.5. The molecule has 1 amide bonds. The summed E-state index contributed by atoms with van der Waals surface area (Å²) in [4.78, 5) is 23.8. The molecule has 126 valence electrons. The SMILES string of the molecule is COC(=O)c1ccc(C(=O)NCc2ccccc2-c2ccsc2)cc1. The smallest absolute Gasteiger partial charge is 0.337 e. The third kappa shape index (κ3) is 3.95. The van der Waals surface area contributed by atoms with Gasteiger partial charge < -0.3 is 10.1 Å². The van der Waals surface area contributed by atoms with E-state index in [4.69, 9.17) is 0 Å². The molecule has 0 saturated carbocycles. The van der Waals surface area contributed by atoms with Crippen LogP contribution in [0.3, 0.4) is 0 Å². The molecule has 0 bridgehead atoms. The highest BCUT2D eigenvalue weighted by Crippen LogP contribution is 2.25. The predicted octanol–water partition coefficient (Wildman–Crippen LogP) is 4.13. The molecule has 4 nitrogen and oxygen atoms in total. The second-order valence-corrected chi connectivity index (χ2v) is 6.20. The van der Waals surface area contributed by atoms with E-state index in [9.17, 15) is 9.59 Å². The van der Waals surface area contributed by atoms with Crippen molar-refractivity contribution in [3.63, 3.8) is 0 Å².